The van der Waals surface area contributed by atoms with Gasteiger partial charge in [-0.15, -0.1) is 0 Å². The molecule has 4 aromatic heterocycles. The van der Waals surface area contributed by atoms with E-state index < -0.39 is 0 Å². The molecule has 0 fully saturated rings. The Kier molecular flexibility index (Phi) is 7.10. The van der Waals surface area contributed by atoms with Crippen molar-refractivity contribution in [2.24, 2.45) is 0 Å². The van der Waals surface area contributed by atoms with Crippen LogP contribution in [0.15, 0.2) is 91.4 Å². The van der Waals surface area contributed by atoms with Gasteiger partial charge in [0.15, 0.2) is 0 Å². The number of pyridine rings is 2. The zero-order valence-electron chi connectivity index (χ0n) is 21.6. The molecule has 0 aliphatic rings. The molecule has 6 heteroatoms. The number of fused-ring (bicyclic) bond motifs is 2. The van der Waals surface area contributed by atoms with E-state index in [1.54, 1.807) is 6.20 Å². The molecule has 0 unspecified atom stereocenters. The largest absolute Gasteiger partial charge is 0.352 e. The van der Waals surface area contributed by atoms with Crippen molar-refractivity contribution in [3.8, 4) is 22.6 Å². The minimum Gasteiger partial charge on any atom is -0.352 e. The van der Waals surface area contributed by atoms with Crippen LogP contribution in [0.2, 0.25) is 0 Å². The lowest BCUT2D eigenvalue weighted by Gasteiger charge is -2.10. The number of nitrogens with one attached hydrogen (secondary N) is 2. The van der Waals surface area contributed by atoms with Gasteiger partial charge < -0.3 is 9.88 Å². The Labute approximate surface area is 217 Å². The Morgan fingerprint density at radius 1 is 1.05 bits per heavy atom. The Bertz CT molecular complexity index is 1600. The van der Waals surface area contributed by atoms with E-state index in [1.807, 2.05) is 36.7 Å². The molecule has 0 bridgehead atoms. The van der Waals surface area contributed by atoms with E-state index in [9.17, 15) is 0 Å². The van der Waals surface area contributed by atoms with Crippen LogP contribution in [-0.2, 0) is 0 Å². The molecule has 0 aliphatic heterocycles. The third-order valence-corrected chi connectivity index (χ3v) is 6.62. The molecule has 1 aromatic carbocycles. The molecule has 4 heterocycles. The zero-order valence-corrected chi connectivity index (χ0v) is 21.6. The second-order valence-corrected chi connectivity index (χ2v) is 9.45. The van der Waals surface area contributed by atoms with Gasteiger partial charge in [0, 0.05) is 28.7 Å². The summed E-state index contributed by atoms with van der Waals surface area (Å²) in [5.41, 5.74) is 9.23. The van der Waals surface area contributed by atoms with Gasteiger partial charge in [0.25, 0.3) is 0 Å². The molecule has 5 aromatic rings. The van der Waals surface area contributed by atoms with Gasteiger partial charge in [-0.3, -0.25) is 15.1 Å². The molecule has 2 N–H and O–H groups in total. The van der Waals surface area contributed by atoms with Crippen molar-refractivity contribution in [2.45, 2.75) is 19.8 Å². The van der Waals surface area contributed by atoms with E-state index in [1.165, 1.54) is 11.1 Å². The Balaban J connectivity index is 1.52. The summed E-state index contributed by atoms with van der Waals surface area (Å²) in [6.45, 7) is 7.19. The highest BCUT2D eigenvalue weighted by atomic mass is 15.1. The van der Waals surface area contributed by atoms with Crippen LogP contribution in [0.25, 0.3) is 50.0 Å². The zero-order chi connectivity index (χ0) is 25.8. The fraction of sp³-hybridized carbons (Fsp3) is 0.194. The van der Waals surface area contributed by atoms with Gasteiger partial charge in [-0.2, -0.15) is 5.10 Å². The molecular formula is C31H32N6. The third-order valence-electron chi connectivity index (χ3n) is 6.62. The van der Waals surface area contributed by atoms with Crippen LogP contribution in [0.1, 0.15) is 25.3 Å². The fourth-order valence-electron chi connectivity index (χ4n) is 4.67. The predicted octanol–water partition coefficient (Wildman–Crippen LogP) is 7.03. The normalized spacial score (nSPS) is 12.6. The molecule has 186 valence electrons. The van der Waals surface area contributed by atoms with Gasteiger partial charge in [0.05, 0.1) is 28.6 Å². The highest BCUT2D eigenvalue weighted by Gasteiger charge is 2.15. The number of hydrogen-bond acceptors (Lipinski definition) is 4. The third kappa shape index (κ3) is 5.15. The van der Waals surface area contributed by atoms with Gasteiger partial charge in [-0.05, 0) is 87.4 Å². The maximum atomic E-state index is 4.68. The van der Waals surface area contributed by atoms with Crippen molar-refractivity contribution in [1.29, 1.82) is 0 Å². The van der Waals surface area contributed by atoms with E-state index in [0.29, 0.717) is 0 Å². The van der Waals surface area contributed by atoms with Crippen LogP contribution < -0.4 is 0 Å². The summed E-state index contributed by atoms with van der Waals surface area (Å²) in [6.07, 6.45) is 14.0. The lowest BCUT2D eigenvalue weighted by atomic mass is 9.98. The number of allylic oxidation sites excluding steroid dienone is 5. The monoisotopic (exact) mass is 488 g/mol. The quantitative estimate of drug-likeness (QED) is 0.219. The van der Waals surface area contributed by atoms with Crippen LogP contribution >= 0.6 is 0 Å². The SMILES string of the molecule is C=C/C(=C\C(=C/C)c1ccc2[nH]nc(-c3cc4c(-c5ccccn5)cncc4[nH]3)c2c1)CCCN(C)C. The maximum Gasteiger partial charge on any atom is 0.116 e. The molecule has 0 atom stereocenters. The van der Waals surface area contributed by atoms with Crippen LogP contribution in [-0.4, -0.2) is 50.7 Å². The van der Waals surface area contributed by atoms with E-state index in [0.717, 1.165) is 69.4 Å². The summed E-state index contributed by atoms with van der Waals surface area (Å²) >= 11 is 0. The predicted molar refractivity (Wildman–Crippen MR) is 154 cm³/mol. The van der Waals surface area contributed by atoms with E-state index in [4.69, 9.17) is 0 Å². The molecule has 5 rings (SSSR count). The second kappa shape index (κ2) is 10.8. The number of rotatable bonds is 9. The molecule has 0 saturated heterocycles. The molecule has 6 nitrogen and oxygen atoms in total. The van der Waals surface area contributed by atoms with Crippen LogP contribution in [0.3, 0.4) is 0 Å². The summed E-state index contributed by atoms with van der Waals surface area (Å²) in [5.74, 6) is 0. The number of benzene rings is 1. The average Bonchev–Trinajstić information content (AvgIpc) is 3.54. The minimum absolute atomic E-state index is 0.884. The summed E-state index contributed by atoms with van der Waals surface area (Å²) in [4.78, 5) is 14.7. The van der Waals surface area contributed by atoms with Crippen molar-refractivity contribution < 1.29 is 0 Å². The standard InChI is InChI=1S/C31H32N6/c1-5-21(10-9-15-37(3)4)16-22(6-2)23-12-13-28-25(17-23)31(36-35-28)29-18-24-26(19-32-20-30(24)34-29)27-11-7-8-14-33-27/h5-8,11-14,16-20,34H,1,9-10,15H2,2-4H3,(H,35,36)/b21-16+,22-6+. The summed E-state index contributed by atoms with van der Waals surface area (Å²) < 4.78 is 0. The molecule has 0 amide bonds. The number of hydrogen-bond donors (Lipinski definition) is 2. The Morgan fingerprint density at radius 3 is 2.70 bits per heavy atom. The fourth-order valence-corrected chi connectivity index (χ4v) is 4.67. The summed E-state index contributed by atoms with van der Waals surface area (Å²) in [6, 6.07) is 14.5. The van der Waals surface area contributed by atoms with Crippen molar-refractivity contribution in [3.63, 3.8) is 0 Å². The van der Waals surface area contributed by atoms with Gasteiger partial charge in [-0.1, -0.05) is 36.9 Å². The van der Waals surface area contributed by atoms with Crippen molar-refractivity contribution in [1.82, 2.24) is 30.0 Å². The molecule has 0 saturated carbocycles. The lowest BCUT2D eigenvalue weighted by molar-refractivity contribution is 0.400. The second-order valence-electron chi connectivity index (χ2n) is 9.45. The maximum absolute atomic E-state index is 4.68. The summed E-state index contributed by atoms with van der Waals surface area (Å²) in [7, 11) is 4.21. The van der Waals surface area contributed by atoms with Crippen molar-refractivity contribution in [3.05, 3.63) is 97.0 Å². The van der Waals surface area contributed by atoms with E-state index >= 15 is 0 Å². The van der Waals surface area contributed by atoms with Crippen molar-refractivity contribution >= 4 is 27.4 Å². The molecule has 37 heavy (non-hydrogen) atoms. The smallest absolute Gasteiger partial charge is 0.116 e. The number of aromatic amines is 2. The van der Waals surface area contributed by atoms with Gasteiger partial charge in [0.1, 0.15) is 5.69 Å². The molecule has 0 radical (unpaired) electrons. The van der Waals surface area contributed by atoms with E-state index in [-0.39, 0.29) is 0 Å². The first-order valence-electron chi connectivity index (χ1n) is 12.6. The average molecular weight is 489 g/mol. The topological polar surface area (TPSA) is 73.5 Å². The molecule has 0 spiro atoms. The van der Waals surface area contributed by atoms with Crippen molar-refractivity contribution in [2.75, 3.05) is 20.6 Å². The first kappa shape index (κ1) is 24.4. The van der Waals surface area contributed by atoms with Gasteiger partial charge in [0.2, 0.25) is 0 Å². The van der Waals surface area contributed by atoms with Crippen LogP contribution in [0, 0.1) is 0 Å². The minimum atomic E-state index is 0.884. The highest BCUT2D eigenvalue weighted by Crippen LogP contribution is 2.34. The Morgan fingerprint density at radius 2 is 1.95 bits per heavy atom. The van der Waals surface area contributed by atoms with E-state index in [2.05, 4.69) is 94.1 Å². The highest BCUT2D eigenvalue weighted by molar-refractivity contribution is 6.01. The Hall–Kier alpha value is -4.29. The summed E-state index contributed by atoms with van der Waals surface area (Å²) in [5, 5.41) is 10.0. The number of aromatic nitrogens is 5. The van der Waals surface area contributed by atoms with Crippen LogP contribution in [0.5, 0.6) is 0 Å². The van der Waals surface area contributed by atoms with Gasteiger partial charge >= 0.3 is 0 Å². The van der Waals surface area contributed by atoms with Gasteiger partial charge in [-0.25, -0.2) is 0 Å². The number of nitrogens with zero attached hydrogens (tertiary/aromatic N) is 4. The van der Waals surface area contributed by atoms with Crippen LogP contribution in [0.4, 0.5) is 0 Å². The number of H-pyrrole nitrogens is 2. The lowest BCUT2D eigenvalue weighted by Crippen LogP contribution is -2.12. The first-order chi connectivity index (χ1) is 18.1. The molecular weight excluding hydrogens is 456 g/mol. The first-order valence-corrected chi connectivity index (χ1v) is 12.6. The molecule has 0 aliphatic carbocycles.